The summed E-state index contributed by atoms with van der Waals surface area (Å²) in [6, 6.07) is 0. The minimum atomic E-state index is -0.491. The summed E-state index contributed by atoms with van der Waals surface area (Å²) in [5.41, 5.74) is -0.0919. The van der Waals surface area contributed by atoms with E-state index in [1.807, 2.05) is 13.8 Å². The minimum Gasteiger partial charge on any atom is -0.365 e. The molecule has 5 fully saturated rings. The molecule has 5 aliphatic rings. The largest absolute Gasteiger partial charge is 0.365 e. The molecule has 3 nitrogen and oxygen atoms in total. The van der Waals surface area contributed by atoms with Crippen molar-refractivity contribution in [3.05, 3.63) is 0 Å². The number of hydrogen-bond acceptors (Lipinski definition) is 3. The molecule has 4 saturated carbocycles. The van der Waals surface area contributed by atoms with Crippen LogP contribution in [0.25, 0.3) is 0 Å². The van der Waals surface area contributed by atoms with Gasteiger partial charge < -0.3 is 4.74 Å². The summed E-state index contributed by atoms with van der Waals surface area (Å²) >= 11 is 0. The van der Waals surface area contributed by atoms with Gasteiger partial charge in [-0.3, -0.25) is 9.59 Å². The van der Waals surface area contributed by atoms with Crippen LogP contribution < -0.4 is 0 Å². The number of carbonyl (C=O) groups excluding carboxylic acids is 2. The third-order valence-corrected chi connectivity index (χ3v) is 9.03. The lowest BCUT2D eigenvalue weighted by Crippen LogP contribution is -2.61. The summed E-state index contributed by atoms with van der Waals surface area (Å²) in [6.07, 6.45) is 6.93. The van der Waals surface area contributed by atoms with E-state index < -0.39 is 5.41 Å². The first-order chi connectivity index (χ1) is 10.7. The molecule has 7 atom stereocenters. The van der Waals surface area contributed by atoms with Crippen molar-refractivity contribution in [2.75, 3.05) is 0 Å². The summed E-state index contributed by atoms with van der Waals surface area (Å²) in [4.78, 5) is 25.0. The maximum absolute atomic E-state index is 12.5. The maximum atomic E-state index is 12.5. The molecular formula is C20H28O3. The second-order valence-corrected chi connectivity index (χ2v) is 10.2. The van der Waals surface area contributed by atoms with E-state index in [1.165, 1.54) is 25.7 Å². The molecule has 1 heterocycles. The monoisotopic (exact) mass is 316 g/mol. The van der Waals surface area contributed by atoms with E-state index in [0.717, 1.165) is 12.3 Å². The zero-order valence-corrected chi connectivity index (χ0v) is 14.8. The van der Waals surface area contributed by atoms with Crippen LogP contribution in [0.15, 0.2) is 0 Å². The standard InChI is InChI=1S/C20H28O3/c1-17(2)13-7-8-20-9-11(19(4)16(20)23-19)5-6-14(20)18(13,3)10-12(21)15(17)22/h11,13-14,16H,5-10H2,1-4H3/t11-,13-,14-,16-,18+,19-,20-/m0/s1. The Morgan fingerprint density at radius 1 is 1.00 bits per heavy atom. The van der Waals surface area contributed by atoms with Crippen LogP contribution in [-0.2, 0) is 14.3 Å². The molecule has 1 saturated heterocycles. The number of fused-ring (bicyclic) bond motifs is 5. The fraction of sp³-hybridized carbons (Fsp3) is 0.900. The van der Waals surface area contributed by atoms with Crippen molar-refractivity contribution in [2.24, 2.45) is 34.0 Å². The second kappa shape index (κ2) is 3.76. The van der Waals surface area contributed by atoms with E-state index in [2.05, 4.69) is 13.8 Å². The molecule has 0 aromatic heterocycles. The zero-order valence-electron chi connectivity index (χ0n) is 14.8. The summed E-state index contributed by atoms with van der Waals surface area (Å²) in [5.74, 6) is 1.38. The highest BCUT2D eigenvalue weighted by Gasteiger charge is 2.79. The Morgan fingerprint density at radius 3 is 2.48 bits per heavy atom. The fourth-order valence-corrected chi connectivity index (χ4v) is 8.11. The lowest BCUT2D eigenvalue weighted by molar-refractivity contribution is -0.178. The molecule has 5 rings (SSSR count). The predicted molar refractivity (Wildman–Crippen MR) is 85.8 cm³/mol. The van der Waals surface area contributed by atoms with E-state index in [4.69, 9.17) is 4.74 Å². The average molecular weight is 316 g/mol. The Labute approximate surface area is 138 Å². The fourth-order valence-electron chi connectivity index (χ4n) is 8.11. The average Bonchev–Trinajstić information content (AvgIpc) is 3.14. The SMILES string of the molecule is CC1(C)C(=O)C(=O)C[C@]2(C)[C@H]1CC[C@]13C[C@H](CC[C@@H]21)[C@]1(C)O[C@H]31. The Hall–Kier alpha value is -0.700. The van der Waals surface area contributed by atoms with Gasteiger partial charge in [0.15, 0.2) is 5.78 Å². The van der Waals surface area contributed by atoms with E-state index in [1.54, 1.807) is 0 Å². The molecule has 3 heteroatoms. The molecule has 0 aromatic rings. The van der Waals surface area contributed by atoms with Gasteiger partial charge in [0.2, 0.25) is 5.78 Å². The third-order valence-electron chi connectivity index (χ3n) is 9.03. The highest BCUT2D eigenvalue weighted by Crippen LogP contribution is 2.77. The van der Waals surface area contributed by atoms with Crippen molar-refractivity contribution in [2.45, 2.75) is 77.9 Å². The summed E-state index contributed by atoms with van der Waals surface area (Å²) in [7, 11) is 0. The van der Waals surface area contributed by atoms with Crippen LogP contribution >= 0.6 is 0 Å². The molecule has 4 aliphatic carbocycles. The highest BCUT2D eigenvalue weighted by atomic mass is 16.6. The molecule has 0 N–H and O–H groups in total. The summed E-state index contributed by atoms with van der Waals surface area (Å²) in [6.45, 7) is 8.68. The number of ketones is 2. The minimum absolute atomic E-state index is 0.0189. The van der Waals surface area contributed by atoms with Crippen molar-refractivity contribution in [1.82, 2.24) is 0 Å². The lowest BCUT2D eigenvalue weighted by Gasteiger charge is -2.63. The Kier molecular flexibility index (Phi) is 2.39. The molecular weight excluding hydrogens is 288 g/mol. The molecule has 1 aliphatic heterocycles. The second-order valence-electron chi connectivity index (χ2n) is 10.2. The Morgan fingerprint density at radius 2 is 1.74 bits per heavy atom. The Balaban J connectivity index is 1.61. The molecule has 0 amide bonds. The van der Waals surface area contributed by atoms with Gasteiger partial charge in [-0.2, -0.15) is 0 Å². The van der Waals surface area contributed by atoms with Gasteiger partial charge in [-0.15, -0.1) is 0 Å². The normalized spacial score (nSPS) is 59.1. The Bertz CT molecular complexity index is 637. The van der Waals surface area contributed by atoms with Crippen LogP contribution in [0.1, 0.15) is 66.2 Å². The number of ether oxygens (including phenoxy) is 1. The number of hydrogen-bond donors (Lipinski definition) is 0. The number of rotatable bonds is 0. The first kappa shape index (κ1) is 14.6. The topological polar surface area (TPSA) is 46.7 Å². The smallest absolute Gasteiger partial charge is 0.204 e. The molecule has 0 aromatic carbocycles. The molecule has 126 valence electrons. The van der Waals surface area contributed by atoms with Gasteiger partial charge in [-0.25, -0.2) is 0 Å². The van der Waals surface area contributed by atoms with Crippen molar-refractivity contribution >= 4 is 11.6 Å². The van der Waals surface area contributed by atoms with Gasteiger partial charge in [0.25, 0.3) is 0 Å². The molecule has 0 unspecified atom stereocenters. The number of Topliss-reactive ketones (excluding diaryl/α,β-unsaturated/α-hetero) is 2. The molecule has 0 radical (unpaired) electrons. The predicted octanol–water partition coefficient (Wildman–Crippen LogP) is 3.54. The van der Waals surface area contributed by atoms with Crippen LogP contribution in [0.2, 0.25) is 0 Å². The van der Waals surface area contributed by atoms with E-state index in [9.17, 15) is 9.59 Å². The summed E-state index contributed by atoms with van der Waals surface area (Å²) < 4.78 is 6.24. The van der Waals surface area contributed by atoms with Crippen LogP contribution in [-0.4, -0.2) is 23.3 Å². The van der Waals surface area contributed by atoms with E-state index >= 15 is 0 Å². The van der Waals surface area contributed by atoms with Gasteiger partial charge in [-0.05, 0) is 62.2 Å². The van der Waals surface area contributed by atoms with Crippen molar-refractivity contribution < 1.29 is 14.3 Å². The van der Waals surface area contributed by atoms with Gasteiger partial charge in [0, 0.05) is 17.3 Å². The van der Waals surface area contributed by atoms with Gasteiger partial charge in [0.1, 0.15) is 0 Å². The van der Waals surface area contributed by atoms with Crippen LogP contribution in [0.3, 0.4) is 0 Å². The van der Waals surface area contributed by atoms with Crippen molar-refractivity contribution in [3.63, 3.8) is 0 Å². The maximum Gasteiger partial charge on any atom is 0.204 e. The number of epoxide rings is 1. The number of carbonyl (C=O) groups is 2. The highest BCUT2D eigenvalue weighted by molar-refractivity contribution is 6.39. The zero-order chi connectivity index (χ0) is 16.4. The lowest BCUT2D eigenvalue weighted by atomic mass is 9.40. The molecule has 1 spiro atoms. The van der Waals surface area contributed by atoms with E-state index in [0.29, 0.717) is 29.8 Å². The first-order valence-corrected chi connectivity index (χ1v) is 9.42. The quantitative estimate of drug-likeness (QED) is 0.507. The first-order valence-electron chi connectivity index (χ1n) is 9.42. The van der Waals surface area contributed by atoms with Crippen LogP contribution in [0, 0.1) is 34.0 Å². The molecule has 23 heavy (non-hydrogen) atoms. The van der Waals surface area contributed by atoms with Crippen LogP contribution in [0.5, 0.6) is 0 Å². The third kappa shape index (κ3) is 1.40. The van der Waals surface area contributed by atoms with Gasteiger partial charge in [-0.1, -0.05) is 20.8 Å². The van der Waals surface area contributed by atoms with Gasteiger partial charge >= 0.3 is 0 Å². The molecule has 2 bridgehead atoms. The van der Waals surface area contributed by atoms with Crippen molar-refractivity contribution in [3.8, 4) is 0 Å². The van der Waals surface area contributed by atoms with Crippen molar-refractivity contribution in [1.29, 1.82) is 0 Å². The van der Waals surface area contributed by atoms with Crippen LogP contribution in [0.4, 0.5) is 0 Å². The summed E-state index contributed by atoms with van der Waals surface area (Å²) in [5, 5.41) is 0. The van der Waals surface area contributed by atoms with Gasteiger partial charge in [0.05, 0.1) is 11.7 Å². The van der Waals surface area contributed by atoms with E-state index in [-0.39, 0.29) is 22.6 Å².